The van der Waals surface area contributed by atoms with Crippen LogP contribution in [-0.2, 0) is 0 Å². The van der Waals surface area contributed by atoms with Gasteiger partial charge in [0.1, 0.15) is 0 Å². The minimum atomic E-state index is -0.824. The standard InChI is InChI=1S/C7H6BrF2NO/c1-12-7-3(9)2-4(11)5(8)6(7)10/h2H,11H2,1H3. The molecule has 2 nitrogen and oxygen atoms in total. The largest absolute Gasteiger partial charge is 0.491 e. The smallest absolute Gasteiger partial charge is 0.191 e. The van der Waals surface area contributed by atoms with Gasteiger partial charge >= 0.3 is 0 Å². The summed E-state index contributed by atoms with van der Waals surface area (Å²) in [5, 5.41) is 0. The van der Waals surface area contributed by atoms with E-state index in [-0.39, 0.29) is 10.2 Å². The third-order valence-electron chi connectivity index (χ3n) is 1.35. The topological polar surface area (TPSA) is 35.2 Å². The van der Waals surface area contributed by atoms with Crippen LogP contribution in [0, 0.1) is 11.6 Å². The Morgan fingerprint density at radius 1 is 1.50 bits per heavy atom. The summed E-state index contributed by atoms with van der Waals surface area (Å²) >= 11 is 2.86. The minimum absolute atomic E-state index is 0.00537. The highest BCUT2D eigenvalue weighted by Gasteiger charge is 2.15. The van der Waals surface area contributed by atoms with E-state index >= 15 is 0 Å². The molecule has 0 saturated heterocycles. The van der Waals surface area contributed by atoms with E-state index in [9.17, 15) is 8.78 Å². The summed E-state index contributed by atoms with van der Waals surface area (Å²) < 4.78 is 30.3. The van der Waals surface area contributed by atoms with Crippen molar-refractivity contribution in [1.82, 2.24) is 0 Å². The molecule has 2 N–H and O–H groups in total. The molecular formula is C7H6BrF2NO. The van der Waals surface area contributed by atoms with Gasteiger partial charge in [-0.3, -0.25) is 0 Å². The summed E-state index contributed by atoms with van der Waals surface area (Å²) in [4.78, 5) is 0. The zero-order valence-corrected chi connectivity index (χ0v) is 7.78. The van der Waals surface area contributed by atoms with Gasteiger partial charge in [-0.15, -0.1) is 0 Å². The lowest BCUT2D eigenvalue weighted by atomic mass is 10.3. The Labute approximate surface area is 76.4 Å². The lowest BCUT2D eigenvalue weighted by Gasteiger charge is -2.06. The molecule has 1 aromatic carbocycles. The van der Waals surface area contributed by atoms with Crippen LogP contribution in [-0.4, -0.2) is 7.11 Å². The van der Waals surface area contributed by atoms with Gasteiger partial charge in [0.05, 0.1) is 17.3 Å². The maximum atomic E-state index is 13.0. The van der Waals surface area contributed by atoms with Crippen LogP contribution >= 0.6 is 15.9 Å². The van der Waals surface area contributed by atoms with Gasteiger partial charge in [0, 0.05) is 6.07 Å². The summed E-state index contributed by atoms with van der Waals surface area (Å²) in [6.45, 7) is 0. The molecule has 0 fully saturated rings. The Morgan fingerprint density at radius 2 is 2.08 bits per heavy atom. The fourth-order valence-electron chi connectivity index (χ4n) is 0.784. The number of nitrogens with two attached hydrogens (primary N) is 1. The average molecular weight is 238 g/mol. The molecule has 0 unspecified atom stereocenters. The molecule has 12 heavy (non-hydrogen) atoms. The van der Waals surface area contributed by atoms with Crippen molar-refractivity contribution in [2.24, 2.45) is 0 Å². The van der Waals surface area contributed by atoms with E-state index in [0.717, 1.165) is 6.07 Å². The Kier molecular flexibility index (Phi) is 2.52. The predicted molar refractivity (Wildman–Crippen MR) is 45.0 cm³/mol. The molecule has 0 aromatic heterocycles. The molecule has 0 spiro atoms. The lowest BCUT2D eigenvalue weighted by molar-refractivity contribution is 0.359. The summed E-state index contributed by atoms with van der Waals surface area (Å²) in [6, 6.07) is 0.992. The highest BCUT2D eigenvalue weighted by molar-refractivity contribution is 9.10. The minimum Gasteiger partial charge on any atom is -0.491 e. The van der Waals surface area contributed by atoms with E-state index in [4.69, 9.17) is 5.73 Å². The Morgan fingerprint density at radius 3 is 2.58 bits per heavy atom. The highest BCUT2D eigenvalue weighted by atomic mass is 79.9. The number of methoxy groups -OCH3 is 1. The van der Waals surface area contributed by atoms with E-state index < -0.39 is 17.4 Å². The van der Waals surface area contributed by atoms with Gasteiger partial charge in [0.2, 0.25) is 0 Å². The van der Waals surface area contributed by atoms with E-state index in [1.165, 1.54) is 7.11 Å². The normalized spacial score (nSPS) is 10.0. The van der Waals surface area contributed by atoms with Gasteiger partial charge in [-0.25, -0.2) is 8.78 Å². The molecule has 0 aliphatic carbocycles. The molecule has 0 heterocycles. The predicted octanol–water partition coefficient (Wildman–Crippen LogP) is 2.32. The third kappa shape index (κ3) is 1.36. The third-order valence-corrected chi connectivity index (χ3v) is 2.15. The zero-order chi connectivity index (χ0) is 9.30. The highest BCUT2D eigenvalue weighted by Crippen LogP contribution is 2.32. The average Bonchev–Trinajstić information content (AvgIpc) is 2.01. The monoisotopic (exact) mass is 237 g/mol. The molecule has 5 heteroatoms. The van der Waals surface area contributed by atoms with E-state index in [1.807, 2.05) is 0 Å². The van der Waals surface area contributed by atoms with Gasteiger partial charge in [-0.05, 0) is 15.9 Å². The van der Waals surface area contributed by atoms with Crippen molar-refractivity contribution in [3.05, 3.63) is 22.2 Å². The van der Waals surface area contributed by atoms with Crippen LogP contribution in [0.1, 0.15) is 0 Å². The second kappa shape index (κ2) is 3.26. The zero-order valence-electron chi connectivity index (χ0n) is 6.20. The van der Waals surface area contributed by atoms with Crippen molar-refractivity contribution in [3.63, 3.8) is 0 Å². The summed E-state index contributed by atoms with van der Waals surface area (Å²) in [5.74, 6) is -2.07. The molecule has 0 atom stereocenters. The second-order valence-corrected chi connectivity index (χ2v) is 2.90. The first-order valence-electron chi connectivity index (χ1n) is 3.05. The number of nitrogen functional groups attached to an aromatic ring is 1. The Bertz CT molecular complexity index is 317. The first-order valence-corrected chi connectivity index (χ1v) is 3.84. The molecule has 0 radical (unpaired) electrons. The quantitative estimate of drug-likeness (QED) is 0.601. The van der Waals surface area contributed by atoms with E-state index in [0.29, 0.717) is 0 Å². The van der Waals surface area contributed by atoms with Crippen molar-refractivity contribution < 1.29 is 13.5 Å². The van der Waals surface area contributed by atoms with Crippen LogP contribution < -0.4 is 10.5 Å². The van der Waals surface area contributed by atoms with Gasteiger partial charge in [-0.1, -0.05) is 0 Å². The molecule has 1 rings (SSSR count). The molecule has 0 aliphatic rings. The molecular weight excluding hydrogens is 232 g/mol. The van der Waals surface area contributed by atoms with Crippen molar-refractivity contribution in [1.29, 1.82) is 0 Å². The molecule has 0 saturated carbocycles. The number of hydrogen-bond donors (Lipinski definition) is 1. The Hall–Kier alpha value is -0.840. The van der Waals surface area contributed by atoms with Crippen molar-refractivity contribution in [3.8, 4) is 5.75 Å². The maximum Gasteiger partial charge on any atom is 0.191 e. The van der Waals surface area contributed by atoms with Gasteiger partial charge in [0.15, 0.2) is 17.4 Å². The number of hydrogen-bond acceptors (Lipinski definition) is 2. The molecule has 0 amide bonds. The van der Waals surface area contributed by atoms with Crippen molar-refractivity contribution in [2.75, 3.05) is 12.8 Å². The van der Waals surface area contributed by atoms with Gasteiger partial charge < -0.3 is 10.5 Å². The number of halogens is 3. The van der Waals surface area contributed by atoms with Crippen LogP contribution in [0.2, 0.25) is 0 Å². The van der Waals surface area contributed by atoms with Gasteiger partial charge in [0.25, 0.3) is 0 Å². The van der Waals surface area contributed by atoms with E-state index in [1.54, 1.807) is 0 Å². The lowest BCUT2D eigenvalue weighted by Crippen LogP contribution is -1.97. The van der Waals surface area contributed by atoms with Crippen LogP contribution in [0.5, 0.6) is 5.75 Å². The van der Waals surface area contributed by atoms with Crippen LogP contribution in [0.25, 0.3) is 0 Å². The molecule has 0 aliphatic heterocycles. The number of ether oxygens (including phenoxy) is 1. The fourth-order valence-corrected chi connectivity index (χ4v) is 1.08. The number of rotatable bonds is 1. The summed E-state index contributed by atoms with van der Waals surface area (Å²) in [5.41, 5.74) is 5.27. The summed E-state index contributed by atoms with van der Waals surface area (Å²) in [6.07, 6.45) is 0. The van der Waals surface area contributed by atoms with Crippen LogP contribution in [0.3, 0.4) is 0 Å². The van der Waals surface area contributed by atoms with Crippen LogP contribution in [0.4, 0.5) is 14.5 Å². The van der Waals surface area contributed by atoms with Gasteiger partial charge in [-0.2, -0.15) is 0 Å². The van der Waals surface area contributed by atoms with E-state index in [2.05, 4.69) is 20.7 Å². The first kappa shape index (κ1) is 9.25. The summed E-state index contributed by atoms with van der Waals surface area (Å²) in [7, 11) is 1.18. The maximum absolute atomic E-state index is 13.0. The molecule has 66 valence electrons. The van der Waals surface area contributed by atoms with Crippen molar-refractivity contribution in [2.45, 2.75) is 0 Å². The van der Waals surface area contributed by atoms with Crippen LogP contribution in [0.15, 0.2) is 10.5 Å². The molecule has 0 bridgehead atoms. The SMILES string of the molecule is COc1c(F)cc(N)c(Br)c1F. The second-order valence-electron chi connectivity index (χ2n) is 2.11. The molecule has 1 aromatic rings. The fraction of sp³-hybridized carbons (Fsp3) is 0.143. The number of benzene rings is 1. The van der Waals surface area contributed by atoms with Crippen molar-refractivity contribution >= 4 is 21.6 Å². The first-order chi connectivity index (χ1) is 5.57. The Balaban J connectivity index is 3.40. The number of anilines is 1.